The van der Waals surface area contributed by atoms with Gasteiger partial charge < -0.3 is 0 Å². The van der Waals surface area contributed by atoms with Crippen molar-refractivity contribution < 1.29 is 29.2 Å². The summed E-state index contributed by atoms with van der Waals surface area (Å²) in [7, 11) is 0. The van der Waals surface area contributed by atoms with Gasteiger partial charge in [0.15, 0.2) is 0 Å². The maximum atomic E-state index is 2.12. The number of rotatable bonds is 0. The molecule has 0 saturated carbocycles. The molecule has 0 spiro atoms. The first-order valence-corrected chi connectivity index (χ1v) is 3.40. The van der Waals surface area contributed by atoms with Crippen LogP contribution in [-0.4, -0.2) is 0 Å². The van der Waals surface area contributed by atoms with Gasteiger partial charge in [-0.25, -0.2) is 0 Å². The van der Waals surface area contributed by atoms with Crippen molar-refractivity contribution in [2.24, 2.45) is 0 Å². The summed E-state index contributed by atoms with van der Waals surface area (Å²) in [6.07, 6.45) is 0. The van der Waals surface area contributed by atoms with Gasteiger partial charge in [-0.3, -0.25) is 9.41 Å². The molecule has 0 saturated heterocycles. The van der Waals surface area contributed by atoms with Gasteiger partial charge in [-0.1, -0.05) is 48.5 Å². The second kappa shape index (κ2) is 6.68. The molecule has 0 amide bonds. The van der Waals surface area contributed by atoms with Crippen LogP contribution in [0.15, 0.2) is 48.5 Å². The van der Waals surface area contributed by atoms with Crippen LogP contribution >= 0.6 is 0 Å². The number of benzene rings is 2. The van der Waals surface area contributed by atoms with Crippen LogP contribution in [0.1, 0.15) is 0 Å². The summed E-state index contributed by atoms with van der Waals surface area (Å²) >= 11 is 0. The molecular formula is C10H10F2Os. The minimum atomic E-state index is 0. The molecule has 0 atom stereocenters. The Bertz CT molecular complexity index is 284. The van der Waals surface area contributed by atoms with Gasteiger partial charge in [0.25, 0.3) is 0 Å². The zero-order chi connectivity index (χ0) is 6.81. The van der Waals surface area contributed by atoms with E-state index in [2.05, 4.69) is 48.5 Å². The topological polar surface area (TPSA) is 0 Å². The first-order chi connectivity index (χ1) is 4.97. The standard InChI is InChI=1S/C10H8.2FH.Os/c1-2-6-10-8-4-3-7-9(10)5-1;;;/h1-8H;2*1H;. The summed E-state index contributed by atoms with van der Waals surface area (Å²) in [5, 5.41) is 2.62. The fourth-order valence-corrected chi connectivity index (χ4v) is 1.13. The Labute approximate surface area is 88.8 Å². The molecular weight excluding hydrogens is 348 g/mol. The number of halogens is 2. The van der Waals surface area contributed by atoms with Gasteiger partial charge in [0.1, 0.15) is 0 Å². The third kappa shape index (κ3) is 3.20. The Morgan fingerprint density at radius 3 is 1.00 bits per heavy atom. The zero-order valence-electron chi connectivity index (χ0n) is 6.79. The summed E-state index contributed by atoms with van der Waals surface area (Å²) in [6.45, 7) is 0. The van der Waals surface area contributed by atoms with Crippen LogP contribution < -0.4 is 0 Å². The smallest absolute Gasteiger partial charge is 0 e. The first kappa shape index (κ1) is 14.7. The van der Waals surface area contributed by atoms with Gasteiger partial charge in [0.05, 0.1) is 0 Å². The third-order valence-corrected chi connectivity index (χ3v) is 1.66. The number of fused-ring (bicyclic) bond motifs is 1. The maximum Gasteiger partial charge on any atom is 0 e. The molecule has 0 aliphatic rings. The molecule has 0 N–H and O–H groups in total. The molecule has 0 fully saturated rings. The second-order valence-corrected chi connectivity index (χ2v) is 2.35. The van der Waals surface area contributed by atoms with Crippen molar-refractivity contribution in [1.29, 1.82) is 0 Å². The van der Waals surface area contributed by atoms with E-state index in [4.69, 9.17) is 0 Å². The number of hydrogen-bond donors (Lipinski definition) is 0. The van der Waals surface area contributed by atoms with E-state index in [0.717, 1.165) is 0 Å². The third-order valence-electron chi connectivity index (χ3n) is 1.66. The quantitative estimate of drug-likeness (QED) is 0.679. The monoisotopic (exact) mass is 360 g/mol. The van der Waals surface area contributed by atoms with Crippen molar-refractivity contribution in [2.75, 3.05) is 0 Å². The minimum Gasteiger partial charge on any atom is -0.269 e. The molecule has 2 rings (SSSR count). The van der Waals surface area contributed by atoms with Gasteiger partial charge in [0, 0.05) is 19.8 Å². The number of hydrogen-bond acceptors (Lipinski definition) is 0. The van der Waals surface area contributed by atoms with E-state index < -0.39 is 0 Å². The summed E-state index contributed by atoms with van der Waals surface area (Å²) in [6, 6.07) is 16.7. The molecule has 2 aromatic rings. The molecule has 0 bridgehead atoms. The molecule has 3 heteroatoms. The predicted octanol–water partition coefficient (Wildman–Crippen LogP) is 3.14. The van der Waals surface area contributed by atoms with E-state index in [1.54, 1.807) is 0 Å². The van der Waals surface area contributed by atoms with Gasteiger partial charge in [-0.15, -0.1) is 0 Å². The summed E-state index contributed by atoms with van der Waals surface area (Å²) in [5.41, 5.74) is 0. The largest absolute Gasteiger partial charge is 0.269 e. The fraction of sp³-hybridized carbons (Fsp3) is 0. The Balaban J connectivity index is 0. The van der Waals surface area contributed by atoms with Gasteiger partial charge >= 0.3 is 0 Å². The minimum absolute atomic E-state index is 0. The molecule has 0 aliphatic carbocycles. The Morgan fingerprint density at radius 1 is 0.538 bits per heavy atom. The van der Waals surface area contributed by atoms with E-state index in [1.165, 1.54) is 10.8 Å². The summed E-state index contributed by atoms with van der Waals surface area (Å²) < 4.78 is 0. The van der Waals surface area contributed by atoms with Crippen LogP contribution in [0.25, 0.3) is 10.8 Å². The van der Waals surface area contributed by atoms with Crippen molar-refractivity contribution in [3.8, 4) is 0 Å². The molecule has 72 valence electrons. The van der Waals surface area contributed by atoms with Crippen LogP contribution in [0.4, 0.5) is 9.41 Å². The SMILES string of the molecule is F.F.[Os].c1ccc2ccccc2c1. The maximum absolute atomic E-state index is 2.12. The summed E-state index contributed by atoms with van der Waals surface area (Å²) in [4.78, 5) is 0. The fourth-order valence-electron chi connectivity index (χ4n) is 1.13. The predicted molar refractivity (Wildman–Crippen MR) is 49.0 cm³/mol. The average molecular weight is 358 g/mol. The van der Waals surface area contributed by atoms with E-state index >= 15 is 0 Å². The van der Waals surface area contributed by atoms with E-state index in [0.29, 0.717) is 0 Å². The van der Waals surface area contributed by atoms with Crippen LogP contribution in [0.2, 0.25) is 0 Å². The molecule has 0 aromatic heterocycles. The molecule has 0 heterocycles. The molecule has 0 unspecified atom stereocenters. The van der Waals surface area contributed by atoms with Crippen molar-refractivity contribution in [2.45, 2.75) is 0 Å². The van der Waals surface area contributed by atoms with Crippen LogP contribution in [0, 0.1) is 0 Å². The first-order valence-electron chi connectivity index (χ1n) is 3.40. The van der Waals surface area contributed by atoms with Gasteiger partial charge in [-0.2, -0.15) is 0 Å². The molecule has 13 heavy (non-hydrogen) atoms. The van der Waals surface area contributed by atoms with Crippen molar-refractivity contribution in [3.63, 3.8) is 0 Å². The second-order valence-electron chi connectivity index (χ2n) is 2.35. The Kier molecular flexibility index (Phi) is 7.56. The van der Waals surface area contributed by atoms with Crippen LogP contribution in [0.3, 0.4) is 0 Å². The average Bonchev–Trinajstić information content (AvgIpc) is 2.05. The van der Waals surface area contributed by atoms with E-state index in [-0.39, 0.29) is 29.2 Å². The van der Waals surface area contributed by atoms with Gasteiger partial charge in [0.2, 0.25) is 0 Å². The van der Waals surface area contributed by atoms with Crippen LogP contribution in [0.5, 0.6) is 0 Å². The van der Waals surface area contributed by atoms with Crippen molar-refractivity contribution >= 4 is 10.8 Å². The normalized spacial score (nSPS) is 7.69. The molecule has 0 radical (unpaired) electrons. The Hall–Kier alpha value is -0.804. The van der Waals surface area contributed by atoms with Crippen molar-refractivity contribution in [3.05, 3.63) is 48.5 Å². The van der Waals surface area contributed by atoms with Crippen LogP contribution in [-0.2, 0) is 19.8 Å². The van der Waals surface area contributed by atoms with E-state index in [9.17, 15) is 0 Å². The summed E-state index contributed by atoms with van der Waals surface area (Å²) in [5.74, 6) is 0. The molecule has 2 aromatic carbocycles. The molecule has 0 aliphatic heterocycles. The van der Waals surface area contributed by atoms with Crippen molar-refractivity contribution in [1.82, 2.24) is 0 Å². The zero-order valence-corrected chi connectivity index (χ0v) is 9.33. The molecule has 0 nitrogen and oxygen atoms in total. The Morgan fingerprint density at radius 2 is 0.769 bits per heavy atom. The van der Waals surface area contributed by atoms with E-state index in [1.807, 2.05) is 0 Å². The van der Waals surface area contributed by atoms with Gasteiger partial charge in [-0.05, 0) is 10.8 Å².